The molecule has 0 spiro atoms. The smallest absolute Gasteiger partial charge is 0.242 e. The van der Waals surface area contributed by atoms with Gasteiger partial charge in [-0.2, -0.15) is 0 Å². The molecule has 140 valence electrons. The molecule has 1 aromatic rings. The first-order chi connectivity index (χ1) is 12.2. The number of carbonyl (C=O) groups excluding carboxylic acids is 1. The highest BCUT2D eigenvalue weighted by Crippen LogP contribution is 2.10. The van der Waals surface area contributed by atoms with E-state index in [4.69, 9.17) is 4.42 Å². The summed E-state index contributed by atoms with van der Waals surface area (Å²) >= 11 is 0. The van der Waals surface area contributed by atoms with Gasteiger partial charge in [-0.25, -0.2) is 4.99 Å². The van der Waals surface area contributed by atoms with Gasteiger partial charge in [0.25, 0.3) is 0 Å². The first-order valence-corrected chi connectivity index (χ1v) is 9.27. The Morgan fingerprint density at radius 1 is 1.32 bits per heavy atom. The van der Waals surface area contributed by atoms with Crippen molar-refractivity contribution in [2.45, 2.75) is 45.7 Å². The van der Waals surface area contributed by atoms with Crippen LogP contribution >= 0.6 is 0 Å². The number of likely N-dealkylation sites (tertiary alicyclic amines) is 1. The highest BCUT2D eigenvalue weighted by atomic mass is 16.3. The number of carbonyl (C=O) groups is 1. The van der Waals surface area contributed by atoms with E-state index in [2.05, 4.69) is 32.8 Å². The van der Waals surface area contributed by atoms with Gasteiger partial charge in [-0.3, -0.25) is 4.79 Å². The predicted molar refractivity (Wildman–Crippen MR) is 99.4 cm³/mol. The fourth-order valence-corrected chi connectivity index (χ4v) is 2.94. The van der Waals surface area contributed by atoms with E-state index in [1.54, 1.807) is 12.3 Å². The van der Waals surface area contributed by atoms with Crippen LogP contribution in [0.4, 0.5) is 0 Å². The van der Waals surface area contributed by atoms with Crippen molar-refractivity contribution in [1.82, 2.24) is 20.9 Å². The molecule has 1 fully saturated rings. The SMILES string of the molecule is CCCN1CCC(NC(=NCC(=O)NCc2ccco2)NCC)CC1. The molecule has 1 aliphatic heterocycles. The maximum atomic E-state index is 11.9. The van der Waals surface area contributed by atoms with E-state index >= 15 is 0 Å². The van der Waals surface area contributed by atoms with Crippen LogP contribution in [-0.4, -0.2) is 55.5 Å². The lowest BCUT2D eigenvalue weighted by Crippen LogP contribution is -2.49. The fraction of sp³-hybridized carbons (Fsp3) is 0.667. The molecular formula is C18H31N5O2. The van der Waals surface area contributed by atoms with Crippen molar-refractivity contribution in [2.75, 3.05) is 32.7 Å². The van der Waals surface area contributed by atoms with Crippen LogP contribution in [0.1, 0.15) is 38.9 Å². The van der Waals surface area contributed by atoms with Crippen molar-refractivity contribution in [3.8, 4) is 0 Å². The number of rotatable bonds is 8. The van der Waals surface area contributed by atoms with Crippen LogP contribution in [0.3, 0.4) is 0 Å². The van der Waals surface area contributed by atoms with Crippen molar-refractivity contribution in [3.05, 3.63) is 24.2 Å². The second-order valence-corrected chi connectivity index (χ2v) is 6.31. The Morgan fingerprint density at radius 3 is 2.76 bits per heavy atom. The molecule has 0 radical (unpaired) electrons. The molecule has 1 aliphatic rings. The Hall–Kier alpha value is -2.02. The number of furan rings is 1. The average Bonchev–Trinajstić information content (AvgIpc) is 3.13. The largest absolute Gasteiger partial charge is 0.467 e. The van der Waals surface area contributed by atoms with Gasteiger partial charge in [-0.1, -0.05) is 6.92 Å². The van der Waals surface area contributed by atoms with Crippen LogP contribution in [0, 0.1) is 0 Å². The Bertz CT molecular complexity index is 522. The molecule has 0 atom stereocenters. The third-order valence-electron chi connectivity index (χ3n) is 4.23. The van der Waals surface area contributed by atoms with E-state index in [-0.39, 0.29) is 12.5 Å². The third kappa shape index (κ3) is 7.17. The molecule has 25 heavy (non-hydrogen) atoms. The van der Waals surface area contributed by atoms with Crippen molar-refractivity contribution >= 4 is 11.9 Å². The first kappa shape index (κ1) is 19.3. The molecule has 0 aromatic carbocycles. The van der Waals surface area contributed by atoms with E-state index < -0.39 is 0 Å². The van der Waals surface area contributed by atoms with Crippen LogP contribution < -0.4 is 16.0 Å². The van der Waals surface area contributed by atoms with Gasteiger partial charge in [0.15, 0.2) is 5.96 Å². The van der Waals surface area contributed by atoms with Crippen molar-refractivity contribution < 1.29 is 9.21 Å². The lowest BCUT2D eigenvalue weighted by atomic mass is 10.1. The number of piperidine rings is 1. The second kappa shape index (κ2) is 10.8. The molecule has 0 unspecified atom stereocenters. The van der Waals surface area contributed by atoms with Crippen molar-refractivity contribution in [3.63, 3.8) is 0 Å². The minimum Gasteiger partial charge on any atom is -0.467 e. The lowest BCUT2D eigenvalue weighted by Gasteiger charge is -2.32. The quantitative estimate of drug-likeness (QED) is 0.487. The number of amides is 1. The highest BCUT2D eigenvalue weighted by molar-refractivity contribution is 5.85. The zero-order chi connectivity index (χ0) is 17.9. The molecule has 0 saturated carbocycles. The minimum atomic E-state index is -0.119. The molecule has 2 rings (SSSR count). The summed E-state index contributed by atoms with van der Waals surface area (Å²) in [5, 5.41) is 9.48. The van der Waals surface area contributed by atoms with E-state index in [0.29, 0.717) is 18.5 Å². The van der Waals surface area contributed by atoms with Crippen LogP contribution in [0.5, 0.6) is 0 Å². The number of aliphatic imine (C=N–C) groups is 1. The van der Waals surface area contributed by atoms with Crippen LogP contribution in [-0.2, 0) is 11.3 Å². The summed E-state index contributed by atoms with van der Waals surface area (Å²) in [4.78, 5) is 18.8. The van der Waals surface area contributed by atoms with Gasteiger partial charge in [-0.15, -0.1) is 0 Å². The Labute approximate surface area is 150 Å². The molecule has 1 amide bonds. The molecule has 0 bridgehead atoms. The van der Waals surface area contributed by atoms with Gasteiger partial charge in [0.05, 0.1) is 12.8 Å². The maximum absolute atomic E-state index is 11.9. The summed E-state index contributed by atoms with van der Waals surface area (Å²) in [5.41, 5.74) is 0. The van der Waals surface area contributed by atoms with Crippen molar-refractivity contribution in [2.24, 2.45) is 4.99 Å². The molecular weight excluding hydrogens is 318 g/mol. The van der Waals surface area contributed by atoms with Gasteiger partial charge in [0.1, 0.15) is 12.3 Å². The second-order valence-electron chi connectivity index (χ2n) is 6.31. The van der Waals surface area contributed by atoms with E-state index in [1.807, 2.05) is 13.0 Å². The van der Waals surface area contributed by atoms with E-state index in [9.17, 15) is 4.79 Å². The number of guanidine groups is 1. The van der Waals surface area contributed by atoms with Crippen LogP contribution in [0.2, 0.25) is 0 Å². The maximum Gasteiger partial charge on any atom is 0.242 e. The summed E-state index contributed by atoms with van der Waals surface area (Å²) in [6, 6.07) is 4.05. The molecule has 2 heterocycles. The third-order valence-corrected chi connectivity index (χ3v) is 4.23. The topological polar surface area (TPSA) is 81.9 Å². The highest BCUT2D eigenvalue weighted by Gasteiger charge is 2.19. The normalized spacial score (nSPS) is 16.6. The molecule has 7 heteroatoms. The van der Waals surface area contributed by atoms with E-state index in [1.165, 1.54) is 13.0 Å². The number of hydrogen-bond donors (Lipinski definition) is 3. The molecule has 7 nitrogen and oxygen atoms in total. The van der Waals surface area contributed by atoms with Crippen molar-refractivity contribution in [1.29, 1.82) is 0 Å². The van der Waals surface area contributed by atoms with Crippen LogP contribution in [0.15, 0.2) is 27.8 Å². The first-order valence-electron chi connectivity index (χ1n) is 9.27. The van der Waals surface area contributed by atoms with E-state index in [0.717, 1.165) is 38.2 Å². The number of hydrogen-bond acceptors (Lipinski definition) is 4. The Balaban J connectivity index is 1.74. The zero-order valence-corrected chi connectivity index (χ0v) is 15.4. The van der Waals surface area contributed by atoms with Gasteiger partial charge in [-0.05, 0) is 44.9 Å². The summed E-state index contributed by atoms with van der Waals surface area (Å²) in [5.74, 6) is 1.33. The summed E-state index contributed by atoms with van der Waals surface area (Å²) in [6.45, 7) is 8.93. The summed E-state index contributed by atoms with van der Waals surface area (Å²) < 4.78 is 5.20. The summed E-state index contributed by atoms with van der Waals surface area (Å²) in [6.07, 6.45) is 5.01. The van der Waals surface area contributed by atoms with Gasteiger partial charge in [0.2, 0.25) is 5.91 Å². The fourth-order valence-electron chi connectivity index (χ4n) is 2.94. The van der Waals surface area contributed by atoms with Gasteiger partial charge < -0.3 is 25.3 Å². The molecule has 1 saturated heterocycles. The minimum absolute atomic E-state index is 0.102. The molecule has 3 N–H and O–H groups in total. The standard InChI is InChI=1S/C18H31N5O2/c1-3-9-23-10-7-15(8-11-23)22-18(19-4-2)21-14-17(24)20-13-16-6-5-12-25-16/h5-6,12,15H,3-4,7-11,13-14H2,1-2H3,(H,20,24)(H2,19,21,22). The Morgan fingerprint density at radius 2 is 2.12 bits per heavy atom. The number of nitrogens with zero attached hydrogens (tertiary/aromatic N) is 2. The molecule has 1 aromatic heterocycles. The average molecular weight is 349 g/mol. The number of nitrogens with one attached hydrogen (secondary N) is 3. The van der Waals surface area contributed by atoms with Crippen LogP contribution in [0.25, 0.3) is 0 Å². The predicted octanol–water partition coefficient (Wildman–Crippen LogP) is 1.33. The van der Waals surface area contributed by atoms with Gasteiger partial charge >= 0.3 is 0 Å². The summed E-state index contributed by atoms with van der Waals surface area (Å²) in [7, 11) is 0. The lowest BCUT2D eigenvalue weighted by molar-refractivity contribution is -0.119. The monoisotopic (exact) mass is 349 g/mol. The zero-order valence-electron chi connectivity index (χ0n) is 15.4. The van der Waals surface area contributed by atoms with Gasteiger partial charge in [0, 0.05) is 25.7 Å². The molecule has 0 aliphatic carbocycles. The Kier molecular flexibility index (Phi) is 8.31.